The minimum Gasteiger partial charge on any atom is -0.384 e. The Kier molecular flexibility index (Phi) is 5.46. The van der Waals surface area contributed by atoms with Crippen molar-refractivity contribution in [2.45, 2.75) is 38.2 Å². The Balaban J connectivity index is 1.76. The first kappa shape index (κ1) is 16.6. The summed E-state index contributed by atoms with van der Waals surface area (Å²) < 4.78 is 5.71. The Morgan fingerprint density at radius 2 is 2.13 bits per heavy atom. The Bertz CT molecular complexity index is 507. The summed E-state index contributed by atoms with van der Waals surface area (Å²) in [4.78, 5) is 13.2. The maximum absolute atomic E-state index is 11.1. The van der Waals surface area contributed by atoms with E-state index >= 15 is 0 Å². The van der Waals surface area contributed by atoms with Crippen molar-refractivity contribution in [2.24, 2.45) is 0 Å². The van der Waals surface area contributed by atoms with E-state index < -0.39 is 5.60 Å². The van der Waals surface area contributed by atoms with Crippen LogP contribution in [0, 0.1) is 0 Å². The molecule has 0 radical (unpaired) electrons. The zero-order valence-electron chi connectivity index (χ0n) is 14.1. The molecule has 23 heavy (non-hydrogen) atoms. The highest BCUT2D eigenvalue weighted by Gasteiger charge is 2.36. The molecule has 1 unspecified atom stereocenters. The van der Waals surface area contributed by atoms with Crippen LogP contribution < -0.4 is 4.90 Å². The van der Waals surface area contributed by atoms with E-state index in [2.05, 4.69) is 26.7 Å². The lowest BCUT2D eigenvalue weighted by atomic mass is 10.0. The third kappa shape index (κ3) is 4.19. The maximum atomic E-state index is 11.1. The number of hydrogen-bond donors (Lipinski definition) is 1. The van der Waals surface area contributed by atoms with Crippen LogP contribution in [-0.2, 0) is 11.2 Å². The topological polar surface area (TPSA) is 61.7 Å². The molecule has 0 aromatic carbocycles. The molecule has 1 N–H and O–H groups in total. The van der Waals surface area contributed by atoms with Crippen LogP contribution in [0.1, 0.15) is 31.7 Å². The van der Waals surface area contributed by atoms with E-state index in [4.69, 9.17) is 4.74 Å². The lowest BCUT2D eigenvalue weighted by molar-refractivity contribution is -0.0439. The summed E-state index contributed by atoms with van der Waals surface area (Å²) in [6, 6.07) is 0. The third-order valence-corrected chi connectivity index (χ3v) is 4.66. The standard InChI is InChI=1S/C17H28N4O2/c1-2-5-15-10-18-14-19-16(15)21-8-9-23-13-17(22,12-21)11-20-6-3-4-7-20/h10,14,22H,2-9,11-13H2,1H3. The van der Waals surface area contributed by atoms with Gasteiger partial charge in [0.2, 0.25) is 0 Å². The van der Waals surface area contributed by atoms with E-state index in [0.29, 0.717) is 26.3 Å². The van der Waals surface area contributed by atoms with Gasteiger partial charge in [-0.05, 0) is 32.4 Å². The van der Waals surface area contributed by atoms with Crippen LogP contribution in [0.15, 0.2) is 12.5 Å². The number of ether oxygens (including phenoxy) is 1. The van der Waals surface area contributed by atoms with E-state index in [-0.39, 0.29) is 0 Å². The molecule has 0 saturated carbocycles. The maximum Gasteiger partial charge on any atom is 0.135 e. The Hall–Kier alpha value is -1.24. The summed E-state index contributed by atoms with van der Waals surface area (Å²) >= 11 is 0. The summed E-state index contributed by atoms with van der Waals surface area (Å²) in [5.74, 6) is 0.951. The number of aliphatic hydroxyl groups is 1. The van der Waals surface area contributed by atoms with Gasteiger partial charge in [0.05, 0.1) is 19.8 Å². The van der Waals surface area contributed by atoms with Gasteiger partial charge in [0.1, 0.15) is 17.7 Å². The first-order valence-electron chi connectivity index (χ1n) is 8.76. The van der Waals surface area contributed by atoms with Gasteiger partial charge in [-0.1, -0.05) is 13.3 Å². The molecule has 0 bridgehead atoms. The van der Waals surface area contributed by atoms with Crippen molar-refractivity contribution < 1.29 is 9.84 Å². The van der Waals surface area contributed by atoms with Crippen molar-refractivity contribution in [1.29, 1.82) is 0 Å². The molecule has 6 heteroatoms. The van der Waals surface area contributed by atoms with Gasteiger partial charge in [0.25, 0.3) is 0 Å². The first-order valence-corrected chi connectivity index (χ1v) is 8.76. The molecule has 2 fully saturated rings. The summed E-state index contributed by atoms with van der Waals surface area (Å²) in [6.45, 7) is 7.34. The normalized spacial score (nSPS) is 26.4. The molecule has 0 amide bonds. The molecule has 2 aliphatic heterocycles. The molecule has 3 heterocycles. The molecule has 2 saturated heterocycles. The average Bonchev–Trinajstić information content (AvgIpc) is 2.96. The second-order valence-electron chi connectivity index (χ2n) is 6.80. The second-order valence-corrected chi connectivity index (χ2v) is 6.80. The van der Waals surface area contributed by atoms with E-state index in [9.17, 15) is 5.11 Å². The number of hydrogen-bond acceptors (Lipinski definition) is 6. The van der Waals surface area contributed by atoms with E-state index in [1.165, 1.54) is 12.8 Å². The summed E-state index contributed by atoms with van der Waals surface area (Å²) in [6.07, 6.45) is 7.97. The highest BCUT2D eigenvalue weighted by molar-refractivity contribution is 5.46. The van der Waals surface area contributed by atoms with Crippen molar-refractivity contribution in [3.8, 4) is 0 Å². The van der Waals surface area contributed by atoms with Gasteiger partial charge in [0.15, 0.2) is 0 Å². The second kappa shape index (κ2) is 7.55. The van der Waals surface area contributed by atoms with Crippen molar-refractivity contribution in [1.82, 2.24) is 14.9 Å². The van der Waals surface area contributed by atoms with Crippen LogP contribution in [-0.4, -0.2) is 71.5 Å². The summed E-state index contributed by atoms with van der Waals surface area (Å²) in [5, 5.41) is 11.1. The molecule has 3 rings (SSSR count). The Labute approximate surface area is 138 Å². The van der Waals surface area contributed by atoms with Crippen LogP contribution >= 0.6 is 0 Å². The first-order chi connectivity index (χ1) is 11.2. The van der Waals surface area contributed by atoms with Gasteiger partial charge in [-0.15, -0.1) is 0 Å². The van der Waals surface area contributed by atoms with Crippen molar-refractivity contribution in [3.63, 3.8) is 0 Å². The number of rotatable bonds is 5. The van der Waals surface area contributed by atoms with Crippen LogP contribution in [0.2, 0.25) is 0 Å². The molecule has 6 nitrogen and oxygen atoms in total. The SMILES string of the molecule is CCCc1cncnc1N1CCOCC(O)(CN2CCCC2)C1. The molecular weight excluding hydrogens is 292 g/mol. The van der Waals surface area contributed by atoms with E-state index in [1.807, 2.05) is 6.20 Å². The van der Waals surface area contributed by atoms with Crippen molar-refractivity contribution >= 4 is 5.82 Å². The molecule has 1 atom stereocenters. The highest BCUT2D eigenvalue weighted by atomic mass is 16.5. The van der Waals surface area contributed by atoms with Gasteiger partial charge < -0.3 is 19.6 Å². The predicted molar refractivity (Wildman–Crippen MR) is 89.7 cm³/mol. The number of aryl methyl sites for hydroxylation is 1. The fourth-order valence-electron chi connectivity index (χ4n) is 3.63. The number of likely N-dealkylation sites (tertiary alicyclic amines) is 1. The smallest absolute Gasteiger partial charge is 0.135 e. The highest BCUT2D eigenvalue weighted by Crippen LogP contribution is 2.24. The molecule has 0 spiro atoms. The zero-order valence-corrected chi connectivity index (χ0v) is 14.1. The van der Waals surface area contributed by atoms with Crippen LogP contribution in [0.5, 0.6) is 0 Å². The Morgan fingerprint density at radius 1 is 1.30 bits per heavy atom. The summed E-state index contributed by atoms with van der Waals surface area (Å²) in [5.41, 5.74) is 0.315. The van der Waals surface area contributed by atoms with Gasteiger partial charge in [-0.25, -0.2) is 9.97 Å². The fourth-order valence-corrected chi connectivity index (χ4v) is 3.63. The lowest BCUT2D eigenvalue weighted by Gasteiger charge is -2.34. The molecule has 2 aliphatic rings. The quantitative estimate of drug-likeness (QED) is 0.876. The van der Waals surface area contributed by atoms with Crippen molar-refractivity contribution in [2.75, 3.05) is 50.8 Å². The van der Waals surface area contributed by atoms with Gasteiger partial charge in [-0.2, -0.15) is 0 Å². The zero-order chi connectivity index (χ0) is 16.1. The fraction of sp³-hybridized carbons (Fsp3) is 0.765. The molecular formula is C17H28N4O2. The van der Waals surface area contributed by atoms with Crippen LogP contribution in [0.3, 0.4) is 0 Å². The number of β-amino-alcohol motifs (C(OH)–C–C–N with tert-alkyl or cyclic N) is 1. The van der Waals surface area contributed by atoms with E-state index in [0.717, 1.165) is 43.9 Å². The average molecular weight is 320 g/mol. The molecule has 1 aromatic heterocycles. The van der Waals surface area contributed by atoms with Crippen LogP contribution in [0.25, 0.3) is 0 Å². The van der Waals surface area contributed by atoms with Gasteiger partial charge in [0, 0.05) is 24.8 Å². The summed E-state index contributed by atoms with van der Waals surface area (Å²) in [7, 11) is 0. The molecule has 1 aromatic rings. The Morgan fingerprint density at radius 3 is 2.91 bits per heavy atom. The number of aromatic nitrogens is 2. The van der Waals surface area contributed by atoms with E-state index in [1.54, 1.807) is 6.33 Å². The monoisotopic (exact) mass is 320 g/mol. The largest absolute Gasteiger partial charge is 0.384 e. The van der Waals surface area contributed by atoms with Crippen LogP contribution in [0.4, 0.5) is 5.82 Å². The lowest BCUT2D eigenvalue weighted by Crippen LogP contribution is -2.52. The molecule has 0 aliphatic carbocycles. The minimum absolute atomic E-state index is 0.397. The predicted octanol–water partition coefficient (Wildman–Crippen LogP) is 1.09. The minimum atomic E-state index is -0.838. The van der Waals surface area contributed by atoms with Crippen molar-refractivity contribution in [3.05, 3.63) is 18.1 Å². The van der Waals surface area contributed by atoms with Gasteiger partial charge in [-0.3, -0.25) is 0 Å². The third-order valence-electron chi connectivity index (χ3n) is 4.66. The van der Waals surface area contributed by atoms with Gasteiger partial charge >= 0.3 is 0 Å². The number of anilines is 1. The molecule has 128 valence electrons. The number of nitrogens with zero attached hydrogens (tertiary/aromatic N) is 4.